The summed E-state index contributed by atoms with van der Waals surface area (Å²) < 4.78 is 14.4. The molecule has 0 spiro atoms. The predicted molar refractivity (Wildman–Crippen MR) is 86.7 cm³/mol. The standard InChI is InChI=1S/C18H25FN2O2/c19-17(14-4-2-1-3-5-14)18(23)21-10-6-15(7-11-21)20-12-8-16(22)9-13-20/h1-5,15-17,22H,6-13H2. The summed E-state index contributed by atoms with van der Waals surface area (Å²) >= 11 is 0. The van der Waals surface area contributed by atoms with Crippen LogP contribution in [0.1, 0.15) is 37.4 Å². The molecule has 2 fully saturated rings. The van der Waals surface area contributed by atoms with Gasteiger partial charge < -0.3 is 14.9 Å². The molecule has 1 unspecified atom stereocenters. The lowest BCUT2D eigenvalue weighted by Crippen LogP contribution is -2.50. The van der Waals surface area contributed by atoms with Gasteiger partial charge in [0.2, 0.25) is 6.17 Å². The molecular weight excluding hydrogens is 295 g/mol. The topological polar surface area (TPSA) is 43.8 Å². The summed E-state index contributed by atoms with van der Waals surface area (Å²) in [6, 6.07) is 9.12. The molecule has 1 atom stereocenters. The number of hydrogen-bond donors (Lipinski definition) is 1. The molecule has 0 aromatic heterocycles. The highest BCUT2D eigenvalue weighted by Crippen LogP contribution is 2.25. The molecule has 0 saturated carbocycles. The van der Waals surface area contributed by atoms with Crippen molar-refractivity contribution in [1.29, 1.82) is 0 Å². The largest absolute Gasteiger partial charge is 0.393 e. The van der Waals surface area contributed by atoms with Gasteiger partial charge in [0.25, 0.3) is 5.91 Å². The Kier molecular flexibility index (Phi) is 5.28. The van der Waals surface area contributed by atoms with Gasteiger partial charge in [-0.3, -0.25) is 4.79 Å². The van der Waals surface area contributed by atoms with E-state index < -0.39 is 12.1 Å². The Hall–Kier alpha value is -1.46. The molecule has 23 heavy (non-hydrogen) atoms. The number of likely N-dealkylation sites (tertiary alicyclic amines) is 2. The fourth-order valence-corrected chi connectivity index (χ4v) is 3.63. The normalized spacial score (nSPS) is 23.0. The van der Waals surface area contributed by atoms with Crippen molar-refractivity contribution in [1.82, 2.24) is 9.80 Å². The molecule has 2 saturated heterocycles. The Morgan fingerprint density at radius 2 is 1.65 bits per heavy atom. The number of alkyl halides is 1. The second-order valence-corrected chi connectivity index (χ2v) is 6.60. The Bertz CT molecular complexity index is 509. The minimum atomic E-state index is -1.56. The number of nitrogens with zero attached hydrogens (tertiary/aromatic N) is 2. The third kappa shape index (κ3) is 3.90. The summed E-state index contributed by atoms with van der Waals surface area (Å²) in [5.41, 5.74) is 0.435. The molecule has 3 rings (SSSR count). The zero-order valence-corrected chi connectivity index (χ0v) is 13.4. The fourth-order valence-electron chi connectivity index (χ4n) is 3.63. The van der Waals surface area contributed by atoms with Crippen molar-refractivity contribution in [2.24, 2.45) is 0 Å². The maximum Gasteiger partial charge on any atom is 0.261 e. The van der Waals surface area contributed by atoms with E-state index in [-0.39, 0.29) is 6.10 Å². The van der Waals surface area contributed by atoms with E-state index in [9.17, 15) is 14.3 Å². The van der Waals surface area contributed by atoms with Gasteiger partial charge in [-0.25, -0.2) is 4.39 Å². The molecule has 1 aromatic carbocycles. The predicted octanol–water partition coefficient (Wildman–Crippen LogP) is 2.14. The molecule has 126 valence electrons. The number of amides is 1. The number of carbonyl (C=O) groups excluding carboxylic acids is 1. The van der Waals surface area contributed by atoms with E-state index in [2.05, 4.69) is 4.90 Å². The van der Waals surface area contributed by atoms with E-state index in [0.717, 1.165) is 38.8 Å². The highest BCUT2D eigenvalue weighted by molar-refractivity contribution is 5.82. The summed E-state index contributed by atoms with van der Waals surface area (Å²) in [5.74, 6) is -0.413. The molecule has 2 aliphatic heterocycles. The van der Waals surface area contributed by atoms with Gasteiger partial charge in [-0.1, -0.05) is 30.3 Å². The maximum absolute atomic E-state index is 14.4. The van der Waals surface area contributed by atoms with Crippen LogP contribution in [0, 0.1) is 0 Å². The zero-order chi connectivity index (χ0) is 16.2. The van der Waals surface area contributed by atoms with Crippen LogP contribution in [0.2, 0.25) is 0 Å². The lowest BCUT2D eigenvalue weighted by atomic mass is 9.98. The summed E-state index contributed by atoms with van der Waals surface area (Å²) in [4.78, 5) is 16.4. The van der Waals surface area contributed by atoms with Gasteiger partial charge >= 0.3 is 0 Å². The van der Waals surface area contributed by atoms with Crippen LogP contribution >= 0.6 is 0 Å². The van der Waals surface area contributed by atoms with Crippen LogP contribution in [0.3, 0.4) is 0 Å². The number of piperidine rings is 2. The zero-order valence-electron chi connectivity index (χ0n) is 13.4. The number of hydrogen-bond acceptors (Lipinski definition) is 3. The Morgan fingerprint density at radius 3 is 2.26 bits per heavy atom. The first-order chi connectivity index (χ1) is 11.1. The van der Waals surface area contributed by atoms with Crippen molar-refractivity contribution in [2.75, 3.05) is 26.2 Å². The van der Waals surface area contributed by atoms with E-state index in [1.165, 1.54) is 0 Å². The first-order valence-electron chi connectivity index (χ1n) is 8.55. The molecule has 1 amide bonds. The quantitative estimate of drug-likeness (QED) is 0.928. The molecule has 2 heterocycles. The Labute approximate surface area is 136 Å². The van der Waals surface area contributed by atoms with Gasteiger partial charge in [0.15, 0.2) is 0 Å². The van der Waals surface area contributed by atoms with Crippen molar-refractivity contribution in [3.05, 3.63) is 35.9 Å². The monoisotopic (exact) mass is 320 g/mol. The number of carbonyl (C=O) groups is 1. The van der Waals surface area contributed by atoms with Crippen molar-refractivity contribution >= 4 is 5.91 Å². The second kappa shape index (κ2) is 7.41. The van der Waals surface area contributed by atoms with E-state index >= 15 is 0 Å². The number of benzene rings is 1. The molecule has 0 aliphatic carbocycles. The van der Waals surface area contributed by atoms with Crippen molar-refractivity contribution in [3.63, 3.8) is 0 Å². The average Bonchev–Trinajstić information content (AvgIpc) is 2.62. The van der Waals surface area contributed by atoms with Crippen LogP contribution in [0.25, 0.3) is 0 Å². The van der Waals surface area contributed by atoms with Gasteiger partial charge in [-0.05, 0) is 31.2 Å². The van der Waals surface area contributed by atoms with Gasteiger partial charge in [0.1, 0.15) is 0 Å². The lowest BCUT2D eigenvalue weighted by Gasteiger charge is -2.41. The highest BCUT2D eigenvalue weighted by atomic mass is 19.1. The number of aliphatic hydroxyl groups excluding tert-OH is 1. The molecule has 4 nitrogen and oxygen atoms in total. The van der Waals surface area contributed by atoms with Crippen LogP contribution in [0.5, 0.6) is 0 Å². The minimum absolute atomic E-state index is 0.161. The van der Waals surface area contributed by atoms with E-state index in [1.807, 2.05) is 6.07 Å². The van der Waals surface area contributed by atoms with Crippen LogP contribution in [0.4, 0.5) is 4.39 Å². The lowest BCUT2D eigenvalue weighted by molar-refractivity contribution is -0.138. The maximum atomic E-state index is 14.4. The first kappa shape index (κ1) is 16.4. The van der Waals surface area contributed by atoms with Crippen LogP contribution in [0.15, 0.2) is 30.3 Å². The molecular formula is C18H25FN2O2. The second-order valence-electron chi connectivity index (χ2n) is 6.60. The van der Waals surface area contributed by atoms with Gasteiger partial charge in [-0.2, -0.15) is 0 Å². The Morgan fingerprint density at radius 1 is 1.04 bits per heavy atom. The van der Waals surface area contributed by atoms with Crippen molar-refractivity contribution in [2.45, 2.75) is 44.0 Å². The van der Waals surface area contributed by atoms with Gasteiger partial charge in [0.05, 0.1) is 6.10 Å². The van der Waals surface area contributed by atoms with E-state index in [4.69, 9.17) is 0 Å². The molecule has 1 N–H and O–H groups in total. The Balaban J connectivity index is 1.51. The molecule has 0 radical (unpaired) electrons. The van der Waals surface area contributed by atoms with Crippen LogP contribution < -0.4 is 0 Å². The summed E-state index contributed by atoms with van der Waals surface area (Å²) in [6.45, 7) is 3.09. The van der Waals surface area contributed by atoms with Crippen LogP contribution in [-0.4, -0.2) is 59.1 Å². The van der Waals surface area contributed by atoms with Gasteiger partial charge in [0, 0.05) is 32.2 Å². The molecule has 5 heteroatoms. The molecule has 0 bridgehead atoms. The van der Waals surface area contributed by atoms with E-state index in [0.29, 0.717) is 24.7 Å². The smallest absolute Gasteiger partial charge is 0.261 e. The molecule has 2 aliphatic rings. The average molecular weight is 320 g/mol. The van der Waals surface area contributed by atoms with Crippen molar-refractivity contribution < 1.29 is 14.3 Å². The number of rotatable bonds is 3. The summed E-state index contributed by atoms with van der Waals surface area (Å²) in [7, 11) is 0. The third-order valence-corrected chi connectivity index (χ3v) is 5.10. The summed E-state index contributed by atoms with van der Waals surface area (Å²) in [6.07, 6.45) is 1.73. The van der Waals surface area contributed by atoms with E-state index in [1.54, 1.807) is 29.2 Å². The SMILES string of the molecule is O=C(C(F)c1ccccc1)N1CCC(N2CCC(O)CC2)CC1. The number of aliphatic hydroxyl groups is 1. The molecule has 1 aromatic rings. The highest BCUT2D eigenvalue weighted by Gasteiger charge is 2.32. The van der Waals surface area contributed by atoms with Crippen LogP contribution in [-0.2, 0) is 4.79 Å². The number of halogens is 1. The fraction of sp³-hybridized carbons (Fsp3) is 0.611. The minimum Gasteiger partial charge on any atom is -0.393 e. The van der Waals surface area contributed by atoms with Crippen molar-refractivity contribution in [3.8, 4) is 0 Å². The first-order valence-corrected chi connectivity index (χ1v) is 8.55. The summed E-state index contributed by atoms with van der Waals surface area (Å²) in [5, 5.41) is 9.59. The third-order valence-electron chi connectivity index (χ3n) is 5.10. The van der Waals surface area contributed by atoms with Gasteiger partial charge in [-0.15, -0.1) is 0 Å².